The van der Waals surface area contributed by atoms with Crippen molar-refractivity contribution in [1.82, 2.24) is 25.1 Å². The molecule has 1 N–H and O–H groups in total. The second kappa shape index (κ2) is 9.35. The van der Waals surface area contributed by atoms with Gasteiger partial charge in [0.25, 0.3) is 11.1 Å². The lowest BCUT2D eigenvalue weighted by molar-refractivity contribution is -0.123. The van der Waals surface area contributed by atoms with Crippen LogP contribution in [0.3, 0.4) is 0 Å². The second-order valence-electron chi connectivity index (χ2n) is 7.47. The van der Waals surface area contributed by atoms with Gasteiger partial charge in [0, 0.05) is 25.0 Å². The van der Waals surface area contributed by atoms with Crippen molar-refractivity contribution in [1.29, 1.82) is 0 Å². The lowest BCUT2D eigenvalue weighted by Crippen LogP contribution is -2.30. The number of carbonyl (C=O) groups excluding carboxylic acids is 1. The number of benzene rings is 1. The highest BCUT2D eigenvalue weighted by Gasteiger charge is 2.18. The Balaban J connectivity index is 1.42. The minimum atomic E-state index is -0.182. The van der Waals surface area contributed by atoms with Crippen LogP contribution in [0.15, 0.2) is 35.7 Å². The van der Waals surface area contributed by atoms with Gasteiger partial charge in [-0.15, -0.1) is 0 Å². The van der Waals surface area contributed by atoms with E-state index >= 15 is 0 Å². The van der Waals surface area contributed by atoms with E-state index in [1.807, 2.05) is 37.6 Å². The van der Waals surface area contributed by atoms with Gasteiger partial charge in [0.2, 0.25) is 5.88 Å². The van der Waals surface area contributed by atoms with Crippen LogP contribution in [0.1, 0.15) is 16.7 Å². The summed E-state index contributed by atoms with van der Waals surface area (Å²) in [5.74, 6) is 0.202. The summed E-state index contributed by atoms with van der Waals surface area (Å²) in [4.78, 5) is 21.2. The van der Waals surface area contributed by atoms with Gasteiger partial charge in [0.15, 0.2) is 12.3 Å². The standard InChI is InChI=1S/C23H25N5O3S/c1-14-7-5-6-8-16(14)9-10-24-18(29)12-31-19-11-15(2)20-21(27-28(3)22(20)26-19)17-13-32-23(25-17)30-4/h5-8,11,13H,9-10,12H2,1-4H3,(H,24,29). The third-order valence-electron chi connectivity index (χ3n) is 5.20. The summed E-state index contributed by atoms with van der Waals surface area (Å²) in [6.07, 6.45) is 0.779. The molecule has 0 spiro atoms. The zero-order valence-electron chi connectivity index (χ0n) is 18.5. The van der Waals surface area contributed by atoms with Gasteiger partial charge in [-0.3, -0.25) is 4.79 Å². The molecule has 0 bridgehead atoms. The zero-order valence-corrected chi connectivity index (χ0v) is 19.3. The number of rotatable bonds is 8. The number of nitrogens with zero attached hydrogens (tertiary/aromatic N) is 4. The highest BCUT2D eigenvalue weighted by atomic mass is 32.1. The van der Waals surface area contributed by atoms with Crippen LogP contribution in [0.5, 0.6) is 11.1 Å². The molecular weight excluding hydrogens is 426 g/mol. The van der Waals surface area contributed by atoms with Crippen LogP contribution in [0.4, 0.5) is 0 Å². The first-order chi connectivity index (χ1) is 15.5. The van der Waals surface area contributed by atoms with Crippen molar-refractivity contribution in [3.05, 3.63) is 52.4 Å². The summed E-state index contributed by atoms with van der Waals surface area (Å²) >= 11 is 1.42. The Morgan fingerprint density at radius 3 is 2.75 bits per heavy atom. The van der Waals surface area contributed by atoms with Crippen molar-refractivity contribution >= 4 is 28.3 Å². The van der Waals surface area contributed by atoms with Gasteiger partial charge in [-0.05, 0) is 37.0 Å². The largest absolute Gasteiger partial charge is 0.473 e. The number of carbonyl (C=O) groups is 1. The van der Waals surface area contributed by atoms with Crippen LogP contribution in [0, 0.1) is 13.8 Å². The van der Waals surface area contributed by atoms with Crippen LogP contribution in [0.2, 0.25) is 0 Å². The number of hydrogen-bond donors (Lipinski definition) is 1. The molecule has 0 atom stereocenters. The maximum atomic E-state index is 12.2. The molecule has 0 unspecified atom stereocenters. The van der Waals surface area contributed by atoms with Gasteiger partial charge >= 0.3 is 0 Å². The number of aromatic nitrogens is 4. The topological polar surface area (TPSA) is 91.2 Å². The normalized spacial score (nSPS) is 11.0. The molecule has 1 aromatic carbocycles. The highest BCUT2D eigenvalue weighted by molar-refractivity contribution is 7.11. The van der Waals surface area contributed by atoms with Crippen molar-refractivity contribution in [2.75, 3.05) is 20.3 Å². The maximum absolute atomic E-state index is 12.2. The molecule has 3 heterocycles. The van der Waals surface area contributed by atoms with Gasteiger partial charge < -0.3 is 14.8 Å². The number of amides is 1. The molecule has 1 amide bonds. The summed E-state index contributed by atoms with van der Waals surface area (Å²) in [6, 6.07) is 9.98. The lowest BCUT2D eigenvalue weighted by Gasteiger charge is -2.09. The molecule has 8 nitrogen and oxygen atoms in total. The minimum Gasteiger partial charge on any atom is -0.473 e. The lowest BCUT2D eigenvalue weighted by atomic mass is 10.1. The number of nitrogens with one attached hydrogen (secondary N) is 1. The number of fused-ring (bicyclic) bond motifs is 1. The van der Waals surface area contributed by atoms with Gasteiger partial charge in [0.05, 0.1) is 12.5 Å². The van der Waals surface area contributed by atoms with Crippen LogP contribution in [0.25, 0.3) is 22.4 Å². The molecular formula is C23H25N5O3S. The molecule has 4 rings (SSSR count). The number of hydrogen-bond acceptors (Lipinski definition) is 7. The number of thiazole rings is 1. The number of aryl methyl sites for hydroxylation is 3. The quantitative estimate of drug-likeness (QED) is 0.441. The van der Waals surface area contributed by atoms with Crippen molar-refractivity contribution in [3.63, 3.8) is 0 Å². The van der Waals surface area contributed by atoms with Gasteiger partial charge in [-0.25, -0.2) is 9.67 Å². The van der Waals surface area contributed by atoms with Crippen molar-refractivity contribution in [3.8, 4) is 22.5 Å². The third-order valence-corrected chi connectivity index (χ3v) is 6.00. The Morgan fingerprint density at radius 1 is 1.19 bits per heavy atom. The van der Waals surface area contributed by atoms with Gasteiger partial charge in [-0.1, -0.05) is 35.6 Å². The highest BCUT2D eigenvalue weighted by Crippen LogP contribution is 2.33. The molecule has 0 aliphatic carbocycles. The van der Waals surface area contributed by atoms with Crippen LogP contribution >= 0.6 is 11.3 Å². The Hall–Kier alpha value is -3.46. The van der Waals surface area contributed by atoms with Crippen LogP contribution in [-0.4, -0.2) is 45.9 Å². The predicted molar refractivity (Wildman–Crippen MR) is 124 cm³/mol. The van der Waals surface area contributed by atoms with Crippen molar-refractivity contribution in [2.24, 2.45) is 7.05 Å². The van der Waals surface area contributed by atoms with Crippen molar-refractivity contribution in [2.45, 2.75) is 20.3 Å². The molecule has 0 aliphatic rings. The minimum absolute atomic E-state index is 0.0975. The Bertz CT molecular complexity index is 1260. The van der Waals surface area contributed by atoms with E-state index in [9.17, 15) is 4.79 Å². The molecule has 0 radical (unpaired) electrons. The molecule has 0 aliphatic heterocycles. The molecule has 0 saturated carbocycles. The average Bonchev–Trinajstić information content (AvgIpc) is 3.38. The summed E-state index contributed by atoms with van der Waals surface area (Å²) in [5.41, 5.74) is 5.54. The molecule has 3 aromatic heterocycles. The van der Waals surface area contributed by atoms with E-state index in [2.05, 4.69) is 39.4 Å². The Kier molecular flexibility index (Phi) is 6.36. The fourth-order valence-electron chi connectivity index (χ4n) is 3.53. The van der Waals surface area contributed by atoms with E-state index in [1.54, 1.807) is 11.8 Å². The average molecular weight is 452 g/mol. The monoisotopic (exact) mass is 451 g/mol. The Morgan fingerprint density at radius 2 is 2.00 bits per heavy atom. The number of ether oxygens (including phenoxy) is 2. The smallest absolute Gasteiger partial charge is 0.273 e. The first kappa shape index (κ1) is 21.8. The zero-order chi connectivity index (χ0) is 22.7. The first-order valence-corrected chi connectivity index (χ1v) is 11.1. The SMILES string of the molecule is COc1nc(-c2nn(C)c3nc(OCC(=O)NCCc4ccccc4C)cc(C)c23)cs1. The van der Waals surface area contributed by atoms with Gasteiger partial charge in [0.1, 0.15) is 11.4 Å². The molecule has 0 fully saturated rings. The summed E-state index contributed by atoms with van der Waals surface area (Å²) < 4.78 is 12.6. The molecule has 4 aromatic rings. The summed E-state index contributed by atoms with van der Waals surface area (Å²) in [5, 5.41) is 10.9. The number of methoxy groups -OCH3 is 1. The maximum Gasteiger partial charge on any atom is 0.273 e. The fourth-order valence-corrected chi connectivity index (χ4v) is 4.16. The molecule has 166 valence electrons. The molecule has 0 saturated heterocycles. The Labute approximate surface area is 190 Å². The van der Waals surface area contributed by atoms with E-state index in [0.29, 0.717) is 23.3 Å². The fraction of sp³-hybridized carbons (Fsp3) is 0.304. The van der Waals surface area contributed by atoms with E-state index < -0.39 is 0 Å². The van der Waals surface area contributed by atoms with Crippen LogP contribution in [-0.2, 0) is 18.3 Å². The first-order valence-electron chi connectivity index (χ1n) is 10.2. The van der Waals surface area contributed by atoms with E-state index in [4.69, 9.17) is 9.47 Å². The van der Waals surface area contributed by atoms with Crippen molar-refractivity contribution < 1.29 is 14.3 Å². The predicted octanol–water partition coefficient (Wildman–Crippen LogP) is 3.45. The second-order valence-corrected chi connectivity index (χ2v) is 8.29. The van der Waals surface area contributed by atoms with Crippen LogP contribution < -0.4 is 14.8 Å². The van der Waals surface area contributed by atoms with Gasteiger partial charge in [-0.2, -0.15) is 10.1 Å². The summed E-state index contributed by atoms with van der Waals surface area (Å²) in [6.45, 7) is 4.49. The molecule has 32 heavy (non-hydrogen) atoms. The van der Waals surface area contributed by atoms with E-state index in [-0.39, 0.29) is 12.5 Å². The third kappa shape index (κ3) is 4.57. The molecule has 9 heteroatoms. The number of pyridine rings is 1. The summed E-state index contributed by atoms with van der Waals surface area (Å²) in [7, 11) is 3.42. The van der Waals surface area contributed by atoms with E-state index in [0.717, 1.165) is 28.8 Å². The van der Waals surface area contributed by atoms with E-state index in [1.165, 1.54) is 22.5 Å².